The molecule has 0 aliphatic carbocycles. The smallest absolute Gasteiger partial charge is 0.336 e. The molecule has 0 radical (unpaired) electrons. The van der Waals surface area contributed by atoms with Crippen molar-refractivity contribution in [3.8, 4) is 0 Å². The molecular weight excluding hydrogens is 264 g/mol. The highest BCUT2D eigenvalue weighted by Gasteiger charge is 2.21. The molecule has 0 spiro atoms. The standard InChI is InChI=1S/C13H18N2O5/c1-7(2)11(6-16)14-10-4-9(13(17)18)5-12(8(10)3)15(19)20/h4-5,7,11,14,16H,6H2,1-3H3,(H,17,18). The molecule has 7 nitrogen and oxygen atoms in total. The number of aliphatic hydroxyl groups excluding tert-OH is 1. The molecule has 1 rings (SSSR count). The summed E-state index contributed by atoms with van der Waals surface area (Å²) in [7, 11) is 0. The number of carboxylic acid groups (broad SMARTS) is 1. The number of aliphatic hydroxyl groups is 1. The fourth-order valence-corrected chi connectivity index (χ4v) is 1.78. The topological polar surface area (TPSA) is 113 Å². The molecule has 20 heavy (non-hydrogen) atoms. The molecule has 110 valence electrons. The number of anilines is 1. The molecule has 0 aromatic heterocycles. The average molecular weight is 282 g/mol. The lowest BCUT2D eigenvalue weighted by Gasteiger charge is -2.22. The molecule has 0 aliphatic heterocycles. The zero-order valence-electron chi connectivity index (χ0n) is 11.6. The van der Waals surface area contributed by atoms with Crippen LogP contribution in [0.3, 0.4) is 0 Å². The normalized spacial score (nSPS) is 12.2. The van der Waals surface area contributed by atoms with Crippen LogP contribution >= 0.6 is 0 Å². The predicted octanol–water partition coefficient (Wildman–Crippen LogP) is 2.03. The number of aromatic carboxylic acids is 1. The second kappa shape index (κ2) is 6.33. The zero-order valence-corrected chi connectivity index (χ0v) is 11.6. The maximum absolute atomic E-state index is 11.0. The van der Waals surface area contributed by atoms with Crippen molar-refractivity contribution in [2.45, 2.75) is 26.8 Å². The van der Waals surface area contributed by atoms with E-state index in [2.05, 4.69) is 5.32 Å². The molecule has 7 heteroatoms. The lowest BCUT2D eigenvalue weighted by atomic mass is 10.0. The van der Waals surface area contributed by atoms with Crippen LogP contribution in [0.1, 0.15) is 29.8 Å². The van der Waals surface area contributed by atoms with Gasteiger partial charge in [0.1, 0.15) is 0 Å². The number of hydrogen-bond acceptors (Lipinski definition) is 5. The number of benzene rings is 1. The SMILES string of the molecule is Cc1c(NC(CO)C(C)C)cc(C(=O)O)cc1[N+](=O)[O-]. The van der Waals surface area contributed by atoms with Crippen molar-refractivity contribution in [3.63, 3.8) is 0 Å². The quantitative estimate of drug-likeness (QED) is 0.543. The van der Waals surface area contributed by atoms with Crippen LogP contribution in [0.15, 0.2) is 12.1 Å². The van der Waals surface area contributed by atoms with E-state index in [-0.39, 0.29) is 29.8 Å². The van der Waals surface area contributed by atoms with Crippen LogP contribution < -0.4 is 5.32 Å². The van der Waals surface area contributed by atoms with Crippen LogP contribution in [0, 0.1) is 23.0 Å². The van der Waals surface area contributed by atoms with E-state index in [1.807, 2.05) is 13.8 Å². The minimum Gasteiger partial charge on any atom is -0.478 e. The summed E-state index contributed by atoms with van der Waals surface area (Å²) >= 11 is 0. The maximum Gasteiger partial charge on any atom is 0.336 e. The minimum atomic E-state index is -1.23. The molecule has 1 aromatic rings. The number of nitrogens with zero attached hydrogens (tertiary/aromatic N) is 1. The van der Waals surface area contributed by atoms with Gasteiger partial charge in [0, 0.05) is 17.3 Å². The van der Waals surface area contributed by atoms with Crippen LogP contribution in [0.25, 0.3) is 0 Å². The third-order valence-electron chi connectivity index (χ3n) is 3.17. The van der Waals surface area contributed by atoms with E-state index in [1.54, 1.807) is 6.92 Å². The fraction of sp³-hybridized carbons (Fsp3) is 0.462. The van der Waals surface area contributed by atoms with Gasteiger partial charge in [-0.15, -0.1) is 0 Å². The summed E-state index contributed by atoms with van der Waals surface area (Å²) < 4.78 is 0. The summed E-state index contributed by atoms with van der Waals surface area (Å²) in [5.41, 5.74) is 0.279. The van der Waals surface area contributed by atoms with Crippen LogP contribution in [0.2, 0.25) is 0 Å². The van der Waals surface area contributed by atoms with Crippen LogP contribution in [0.4, 0.5) is 11.4 Å². The predicted molar refractivity (Wildman–Crippen MR) is 74.1 cm³/mol. The summed E-state index contributed by atoms with van der Waals surface area (Å²) in [4.78, 5) is 21.4. The van der Waals surface area contributed by atoms with Crippen molar-refractivity contribution in [2.24, 2.45) is 5.92 Å². The third-order valence-corrected chi connectivity index (χ3v) is 3.17. The molecule has 1 atom stereocenters. The molecule has 1 unspecified atom stereocenters. The van der Waals surface area contributed by atoms with E-state index in [0.717, 1.165) is 6.07 Å². The summed E-state index contributed by atoms with van der Waals surface area (Å²) in [6.07, 6.45) is 0. The first kappa shape index (κ1) is 15.9. The highest BCUT2D eigenvalue weighted by molar-refractivity contribution is 5.90. The van der Waals surface area contributed by atoms with Crippen LogP contribution in [-0.4, -0.2) is 33.8 Å². The molecular formula is C13H18N2O5. The van der Waals surface area contributed by atoms with Crippen LogP contribution in [0.5, 0.6) is 0 Å². The Morgan fingerprint density at radius 1 is 1.45 bits per heavy atom. The van der Waals surface area contributed by atoms with Gasteiger partial charge in [-0.3, -0.25) is 10.1 Å². The van der Waals surface area contributed by atoms with Gasteiger partial charge in [0.2, 0.25) is 0 Å². The molecule has 0 saturated heterocycles. The Hall–Kier alpha value is -2.15. The molecule has 0 amide bonds. The number of hydrogen-bond donors (Lipinski definition) is 3. The highest BCUT2D eigenvalue weighted by atomic mass is 16.6. The van der Waals surface area contributed by atoms with Gasteiger partial charge < -0.3 is 15.5 Å². The number of rotatable bonds is 6. The number of nitro groups is 1. The first-order valence-corrected chi connectivity index (χ1v) is 6.17. The van der Waals surface area contributed by atoms with Crippen molar-refractivity contribution < 1.29 is 19.9 Å². The zero-order chi connectivity index (χ0) is 15.4. The van der Waals surface area contributed by atoms with E-state index >= 15 is 0 Å². The molecule has 0 saturated carbocycles. The Bertz CT molecular complexity index is 528. The first-order valence-electron chi connectivity index (χ1n) is 6.17. The Balaban J connectivity index is 3.30. The first-order chi connectivity index (χ1) is 9.27. The molecule has 0 fully saturated rings. The van der Waals surface area contributed by atoms with E-state index in [9.17, 15) is 20.0 Å². The van der Waals surface area contributed by atoms with Gasteiger partial charge in [-0.05, 0) is 18.9 Å². The summed E-state index contributed by atoms with van der Waals surface area (Å²) in [6.45, 7) is 5.17. The Kier molecular flexibility index (Phi) is 5.04. The Morgan fingerprint density at radius 3 is 2.45 bits per heavy atom. The molecule has 0 aliphatic rings. The summed E-state index contributed by atoms with van der Waals surface area (Å²) in [6, 6.07) is 2.07. The fourth-order valence-electron chi connectivity index (χ4n) is 1.78. The van der Waals surface area contributed by atoms with Gasteiger partial charge in [0.15, 0.2) is 0 Å². The van der Waals surface area contributed by atoms with Crippen molar-refractivity contribution >= 4 is 17.3 Å². The number of carbonyl (C=O) groups is 1. The summed E-state index contributed by atoms with van der Waals surface area (Å²) in [5, 5.41) is 32.2. The second-order valence-electron chi connectivity index (χ2n) is 4.91. The largest absolute Gasteiger partial charge is 0.478 e. The van der Waals surface area contributed by atoms with Gasteiger partial charge in [0.25, 0.3) is 5.69 Å². The number of nitro benzene ring substituents is 1. The molecule has 0 heterocycles. The lowest BCUT2D eigenvalue weighted by molar-refractivity contribution is -0.385. The van der Waals surface area contributed by atoms with E-state index in [0.29, 0.717) is 11.3 Å². The Labute approximate surface area is 116 Å². The van der Waals surface area contributed by atoms with Crippen molar-refractivity contribution in [2.75, 3.05) is 11.9 Å². The third kappa shape index (κ3) is 3.45. The number of carboxylic acids is 1. The second-order valence-corrected chi connectivity index (χ2v) is 4.91. The molecule has 3 N–H and O–H groups in total. The van der Waals surface area contributed by atoms with Gasteiger partial charge in [-0.2, -0.15) is 0 Å². The molecule has 1 aromatic carbocycles. The van der Waals surface area contributed by atoms with Crippen molar-refractivity contribution in [1.29, 1.82) is 0 Å². The monoisotopic (exact) mass is 282 g/mol. The summed E-state index contributed by atoms with van der Waals surface area (Å²) in [5.74, 6) is -1.15. The van der Waals surface area contributed by atoms with Gasteiger partial charge >= 0.3 is 5.97 Å². The van der Waals surface area contributed by atoms with E-state index in [4.69, 9.17) is 5.11 Å². The molecule has 0 bridgehead atoms. The average Bonchev–Trinajstić information content (AvgIpc) is 2.36. The maximum atomic E-state index is 11.0. The lowest BCUT2D eigenvalue weighted by Crippen LogP contribution is -2.30. The van der Waals surface area contributed by atoms with Crippen molar-refractivity contribution in [1.82, 2.24) is 0 Å². The number of nitrogens with one attached hydrogen (secondary N) is 1. The van der Waals surface area contributed by atoms with E-state index in [1.165, 1.54) is 6.07 Å². The van der Waals surface area contributed by atoms with Gasteiger partial charge in [0.05, 0.1) is 23.1 Å². The van der Waals surface area contributed by atoms with E-state index < -0.39 is 10.9 Å². The van der Waals surface area contributed by atoms with Gasteiger partial charge in [-0.1, -0.05) is 13.8 Å². The minimum absolute atomic E-state index is 0.0898. The highest BCUT2D eigenvalue weighted by Crippen LogP contribution is 2.29. The Morgan fingerprint density at radius 2 is 2.05 bits per heavy atom. The van der Waals surface area contributed by atoms with Crippen LogP contribution in [-0.2, 0) is 0 Å². The van der Waals surface area contributed by atoms with Crippen molar-refractivity contribution in [3.05, 3.63) is 33.4 Å². The van der Waals surface area contributed by atoms with Gasteiger partial charge in [-0.25, -0.2) is 4.79 Å².